The van der Waals surface area contributed by atoms with Gasteiger partial charge in [-0.15, -0.1) is 0 Å². The number of esters is 1. The van der Waals surface area contributed by atoms with Crippen molar-refractivity contribution in [2.45, 2.75) is 32.3 Å². The van der Waals surface area contributed by atoms with E-state index in [4.69, 9.17) is 9.47 Å². The van der Waals surface area contributed by atoms with Gasteiger partial charge in [-0.25, -0.2) is 4.79 Å². The number of carbonyl (C=O) groups is 1. The minimum Gasteiger partial charge on any atom is -1.00 e. The van der Waals surface area contributed by atoms with E-state index in [9.17, 15) is 4.79 Å². The molecule has 1 aromatic rings. The summed E-state index contributed by atoms with van der Waals surface area (Å²) in [6.07, 6.45) is 7.05. The Kier molecular flexibility index (Phi) is 8.74. The fraction of sp³-hybridized carbons (Fsp3) is 0.500. The largest absolute Gasteiger partial charge is 1.00 e. The molecular weight excluding hydrogens is 314 g/mol. The lowest BCUT2D eigenvalue weighted by Crippen LogP contribution is -3.13. The third-order valence-electron chi connectivity index (χ3n) is 3.99. The number of piperidine rings is 1. The topological polar surface area (TPSA) is 40.0 Å². The van der Waals surface area contributed by atoms with Crippen molar-refractivity contribution in [3.05, 3.63) is 35.9 Å². The van der Waals surface area contributed by atoms with Crippen LogP contribution in [0, 0.1) is 0 Å². The first-order valence-corrected chi connectivity index (χ1v) is 8.04. The number of quaternary nitrogens is 1. The first kappa shape index (κ1) is 19.5. The Balaban J connectivity index is 0.00000264. The fourth-order valence-corrected chi connectivity index (χ4v) is 2.90. The molecule has 1 N–H and O–H groups in total. The van der Waals surface area contributed by atoms with Gasteiger partial charge in [0.15, 0.2) is 0 Å². The van der Waals surface area contributed by atoms with Crippen LogP contribution in [0.25, 0.3) is 6.08 Å². The van der Waals surface area contributed by atoms with Crippen LogP contribution < -0.4 is 22.0 Å². The van der Waals surface area contributed by atoms with Crippen LogP contribution in [-0.4, -0.2) is 38.8 Å². The highest BCUT2D eigenvalue weighted by molar-refractivity contribution is 5.87. The Labute approximate surface area is 144 Å². The molecule has 1 saturated heterocycles. The summed E-state index contributed by atoms with van der Waals surface area (Å²) in [7, 11) is 1.62. The second-order valence-electron chi connectivity index (χ2n) is 5.84. The number of hydrogen-bond acceptors (Lipinski definition) is 3. The summed E-state index contributed by atoms with van der Waals surface area (Å²) in [6.45, 7) is 5.25. The van der Waals surface area contributed by atoms with E-state index in [2.05, 4.69) is 0 Å². The van der Waals surface area contributed by atoms with E-state index in [0.29, 0.717) is 0 Å². The zero-order valence-electron chi connectivity index (χ0n) is 13.9. The van der Waals surface area contributed by atoms with E-state index < -0.39 is 0 Å². The second kappa shape index (κ2) is 10.3. The van der Waals surface area contributed by atoms with Crippen molar-refractivity contribution in [3.63, 3.8) is 0 Å². The van der Waals surface area contributed by atoms with Gasteiger partial charge < -0.3 is 26.8 Å². The lowest BCUT2D eigenvalue weighted by atomic mass is 10.1. The molecule has 0 amide bonds. The predicted octanol–water partition coefficient (Wildman–Crippen LogP) is -1.29. The van der Waals surface area contributed by atoms with Gasteiger partial charge in [0, 0.05) is 11.6 Å². The van der Waals surface area contributed by atoms with Gasteiger partial charge in [-0.2, -0.15) is 0 Å². The lowest BCUT2D eigenvalue weighted by molar-refractivity contribution is -0.907. The Morgan fingerprint density at radius 1 is 1.26 bits per heavy atom. The molecule has 1 unspecified atom stereocenters. The molecule has 0 saturated carbocycles. The molecule has 1 aromatic carbocycles. The summed E-state index contributed by atoms with van der Waals surface area (Å²) in [4.78, 5) is 13.5. The Morgan fingerprint density at radius 3 is 2.65 bits per heavy atom. The van der Waals surface area contributed by atoms with Crippen LogP contribution in [0.1, 0.15) is 31.7 Å². The Hall–Kier alpha value is -1.52. The van der Waals surface area contributed by atoms with Gasteiger partial charge in [-0.1, -0.05) is 18.2 Å². The highest BCUT2D eigenvalue weighted by Crippen LogP contribution is 2.18. The van der Waals surface area contributed by atoms with E-state index in [1.165, 1.54) is 38.4 Å². The molecule has 23 heavy (non-hydrogen) atoms. The van der Waals surface area contributed by atoms with Crippen LogP contribution in [0.5, 0.6) is 5.75 Å². The number of methoxy groups -OCH3 is 1. The monoisotopic (exact) mass is 339 g/mol. The molecule has 5 heteroatoms. The Bertz CT molecular complexity index is 513. The molecule has 0 aliphatic carbocycles. The van der Waals surface area contributed by atoms with Crippen molar-refractivity contribution < 1.29 is 31.6 Å². The molecule has 128 valence electrons. The molecule has 2 rings (SSSR count). The van der Waals surface area contributed by atoms with E-state index in [1.54, 1.807) is 18.1 Å². The minimum absolute atomic E-state index is 0. The van der Waals surface area contributed by atoms with Crippen molar-refractivity contribution in [3.8, 4) is 5.75 Å². The molecule has 1 fully saturated rings. The Morgan fingerprint density at radius 2 is 1.96 bits per heavy atom. The summed E-state index contributed by atoms with van der Waals surface area (Å²) >= 11 is 0. The lowest BCUT2D eigenvalue weighted by Gasteiger charge is -2.25. The summed E-state index contributed by atoms with van der Waals surface area (Å²) in [6, 6.07) is 7.59. The van der Waals surface area contributed by atoms with Gasteiger partial charge in [0.25, 0.3) is 0 Å². The van der Waals surface area contributed by atoms with Crippen LogP contribution in [-0.2, 0) is 9.53 Å². The molecule has 1 aliphatic rings. The molecule has 1 aliphatic heterocycles. The van der Waals surface area contributed by atoms with Crippen LogP contribution in [0.2, 0.25) is 0 Å². The number of rotatable bonds is 6. The van der Waals surface area contributed by atoms with Crippen molar-refractivity contribution in [2.75, 3.05) is 26.7 Å². The smallest absolute Gasteiger partial charge is 0.331 e. The fourth-order valence-electron chi connectivity index (χ4n) is 2.90. The number of carbonyl (C=O) groups excluding carboxylic acids is 1. The van der Waals surface area contributed by atoms with E-state index >= 15 is 0 Å². The molecule has 0 bridgehead atoms. The number of benzene rings is 1. The first-order chi connectivity index (χ1) is 10.7. The average Bonchev–Trinajstić information content (AvgIpc) is 2.54. The number of hydrogen-bond donors (Lipinski definition) is 1. The van der Waals surface area contributed by atoms with Crippen molar-refractivity contribution in [2.24, 2.45) is 0 Å². The molecule has 0 aromatic heterocycles. The van der Waals surface area contributed by atoms with Crippen molar-refractivity contribution in [1.29, 1.82) is 0 Å². The van der Waals surface area contributed by atoms with Crippen molar-refractivity contribution >= 4 is 12.0 Å². The molecule has 1 heterocycles. The van der Waals surface area contributed by atoms with E-state index in [1.807, 2.05) is 31.2 Å². The highest BCUT2D eigenvalue weighted by atomic mass is 35.5. The molecule has 1 atom stereocenters. The van der Waals surface area contributed by atoms with Crippen LogP contribution in [0.15, 0.2) is 30.3 Å². The van der Waals surface area contributed by atoms with E-state index in [-0.39, 0.29) is 24.5 Å². The highest BCUT2D eigenvalue weighted by Gasteiger charge is 2.18. The van der Waals surface area contributed by atoms with Gasteiger partial charge in [0.05, 0.1) is 20.2 Å². The number of nitrogens with one attached hydrogen (secondary N) is 1. The first-order valence-electron chi connectivity index (χ1n) is 8.04. The summed E-state index contributed by atoms with van der Waals surface area (Å²) in [5.74, 6) is 0.451. The minimum atomic E-state index is -0.296. The predicted molar refractivity (Wildman–Crippen MR) is 87.0 cm³/mol. The van der Waals surface area contributed by atoms with Crippen LogP contribution >= 0.6 is 0 Å². The molecular formula is C18H26ClNO3. The maximum atomic E-state index is 11.9. The molecule has 0 spiro atoms. The zero-order valence-corrected chi connectivity index (χ0v) is 14.6. The normalized spacial score (nSPS) is 16.6. The third kappa shape index (κ3) is 6.63. The number of para-hydroxylation sites is 1. The van der Waals surface area contributed by atoms with Crippen LogP contribution in [0.4, 0.5) is 0 Å². The number of ether oxygens (including phenoxy) is 2. The maximum absolute atomic E-state index is 11.9. The maximum Gasteiger partial charge on any atom is 0.331 e. The molecule has 4 nitrogen and oxygen atoms in total. The zero-order chi connectivity index (χ0) is 15.8. The SMILES string of the molecule is COc1ccccc1/C=C/C(=O)OC(C)C[NH+]1CCCCC1.[Cl-]. The third-order valence-corrected chi connectivity index (χ3v) is 3.99. The van der Waals surface area contributed by atoms with Crippen LogP contribution in [0.3, 0.4) is 0 Å². The van der Waals surface area contributed by atoms with Gasteiger partial charge in [-0.3, -0.25) is 0 Å². The van der Waals surface area contributed by atoms with Gasteiger partial charge in [0.2, 0.25) is 0 Å². The average molecular weight is 340 g/mol. The number of halogens is 1. The summed E-state index contributed by atoms with van der Waals surface area (Å²) in [5.41, 5.74) is 0.872. The van der Waals surface area contributed by atoms with Gasteiger partial charge in [-0.05, 0) is 38.3 Å². The quantitative estimate of drug-likeness (QED) is 0.518. The standard InChI is InChI=1S/C18H25NO3.ClH/c1-15(14-19-12-6-3-7-13-19)22-18(20)11-10-16-8-4-5-9-17(16)21-2;/h4-5,8-11,15H,3,6-7,12-14H2,1-2H3;1H/b11-10+;. The summed E-state index contributed by atoms with van der Waals surface area (Å²) in [5, 5.41) is 0. The van der Waals surface area contributed by atoms with Gasteiger partial charge >= 0.3 is 5.97 Å². The second-order valence-corrected chi connectivity index (χ2v) is 5.84. The molecule has 0 radical (unpaired) electrons. The van der Waals surface area contributed by atoms with E-state index in [0.717, 1.165) is 17.9 Å². The summed E-state index contributed by atoms with van der Waals surface area (Å²) < 4.78 is 10.7. The van der Waals surface area contributed by atoms with Gasteiger partial charge in [0.1, 0.15) is 18.4 Å². The number of likely N-dealkylation sites (tertiary alicyclic amines) is 1. The van der Waals surface area contributed by atoms with Crippen molar-refractivity contribution in [1.82, 2.24) is 0 Å².